The van der Waals surface area contributed by atoms with Gasteiger partial charge < -0.3 is 9.88 Å². The highest BCUT2D eigenvalue weighted by Gasteiger charge is 2.10. The lowest BCUT2D eigenvalue weighted by Gasteiger charge is -2.11. The van der Waals surface area contributed by atoms with Gasteiger partial charge in [0.2, 0.25) is 5.95 Å². The Balaban J connectivity index is 1.45. The molecule has 0 amide bonds. The van der Waals surface area contributed by atoms with Crippen molar-refractivity contribution in [3.63, 3.8) is 0 Å². The maximum atomic E-state index is 11.8. The Kier molecular flexibility index (Phi) is 6.96. The minimum absolute atomic E-state index is 0.261. The molecule has 190 valence electrons. The van der Waals surface area contributed by atoms with Gasteiger partial charge in [-0.1, -0.05) is 30.3 Å². The van der Waals surface area contributed by atoms with E-state index in [1.165, 1.54) is 6.26 Å². The molecule has 3 heterocycles. The van der Waals surface area contributed by atoms with E-state index in [1.54, 1.807) is 42.7 Å². The first-order valence-electron chi connectivity index (χ1n) is 11.8. The van der Waals surface area contributed by atoms with Crippen LogP contribution in [-0.4, -0.2) is 39.9 Å². The van der Waals surface area contributed by atoms with Gasteiger partial charge in [-0.15, -0.1) is 0 Å². The Morgan fingerprint density at radius 1 is 0.895 bits per heavy atom. The standard InChI is InChI=1S/C28H25N7O2S/c1-20(21-8-10-25(11-9-21)38(2,36)37)33-34-26-18-27(32-28(31-26)30-24-6-4-3-5-7-24)35-17-14-23(19-35)22-12-15-29-16-13-22/h3-19H,1-2H3,(H2,30,31,32,34). The predicted molar refractivity (Wildman–Crippen MR) is 150 cm³/mol. The summed E-state index contributed by atoms with van der Waals surface area (Å²) in [6, 6.07) is 24.0. The summed E-state index contributed by atoms with van der Waals surface area (Å²) < 4.78 is 25.4. The number of anilines is 3. The van der Waals surface area contributed by atoms with Crippen molar-refractivity contribution < 1.29 is 8.42 Å². The third-order valence-corrected chi connectivity index (χ3v) is 6.88. The summed E-state index contributed by atoms with van der Waals surface area (Å²) in [5, 5.41) is 7.72. The average molecular weight is 524 g/mol. The van der Waals surface area contributed by atoms with E-state index in [2.05, 4.69) is 25.8 Å². The second-order valence-electron chi connectivity index (χ2n) is 8.57. The first-order valence-corrected chi connectivity index (χ1v) is 13.6. The summed E-state index contributed by atoms with van der Waals surface area (Å²) in [5.74, 6) is 1.53. The Morgan fingerprint density at radius 3 is 2.34 bits per heavy atom. The van der Waals surface area contributed by atoms with Crippen LogP contribution < -0.4 is 10.7 Å². The van der Waals surface area contributed by atoms with E-state index in [9.17, 15) is 8.42 Å². The molecule has 0 unspecified atom stereocenters. The van der Waals surface area contributed by atoms with Crippen LogP contribution in [-0.2, 0) is 9.84 Å². The molecular weight excluding hydrogens is 498 g/mol. The van der Waals surface area contributed by atoms with E-state index < -0.39 is 9.84 Å². The largest absolute Gasteiger partial charge is 0.324 e. The number of rotatable bonds is 8. The second-order valence-corrected chi connectivity index (χ2v) is 10.6. The summed E-state index contributed by atoms with van der Waals surface area (Å²) in [6.07, 6.45) is 8.63. The number of para-hydroxylation sites is 1. The molecular formula is C28H25N7O2S. The maximum absolute atomic E-state index is 11.8. The Bertz CT molecular complexity index is 1680. The fourth-order valence-electron chi connectivity index (χ4n) is 3.73. The van der Waals surface area contributed by atoms with Crippen molar-refractivity contribution in [1.29, 1.82) is 0 Å². The lowest BCUT2D eigenvalue weighted by atomic mass is 10.1. The number of sulfone groups is 1. The molecule has 0 fully saturated rings. The van der Waals surface area contributed by atoms with Crippen molar-refractivity contribution in [2.24, 2.45) is 5.10 Å². The number of hydrogen-bond acceptors (Lipinski definition) is 8. The molecule has 0 saturated carbocycles. The summed E-state index contributed by atoms with van der Waals surface area (Å²) in [6.45, 7) is 1.83. The number of nitrogens with zero attached hydrogens (tertiary/aromatic N) is 5. The van der Waals surface area contributed by atoms with E-state index in [-0.39, 0.29) is 4.90 Å². The van der Waals surface area contributed by atoms with Gasteiger partial charge in [-0.2, -0.15) is 15.1 Å². The van der Waals surface area contributed by atoms with Gasteiger partial charge in [-0.25, -0.2) is 8.42 Å². The number of aromatic nitrogens is 4. The molecule has 0 atom stereocenters. The van der Waals surface area contributed by atoms with Crippen molar-refractivity contribution in [1.82, 2.24) is 19.5 Å². The lowest BCUT2D eigenvalue weighted by Crippen LogP contribution is -2.06. The molecule has 0 spiro atoms. The SMILES string of the molecule is CC(=NNc1cc(-n2ccc(-c3ccncc3)c2)nc(Nc2ccccc2)n1)c1ccc(S(C)(=O)=O)cc1. The summed E-state index contributed by atoms with van der Waals surface area (Å²) >= 11 is 0. The molecule has 2 N–H and O–H groups in total. The third kappa shape index (κ3) is 5.93. The van der Waals surface area contributed by atoms with Gasteiger partial charge in [-0.3, -0.25) is 10.4 Å². The summed E-state index contributed by atoms with van der Waals surface area (Å²) in [5.41, 5.74) is 7.41. The van der Waals surface area contributed by atoms with Gasteiger partial charge in [0.05, 0.1) is 10.6 Å². The minimum Gasteiger partial charge on any atom is -0.324 e. The van der Waals surface area contributed by atoms with Crippen molar-refractivity contribution in [3.8, 4) is 16.9 Å². The van der Waals surface area contributed by atoms with Gasteiger partial charge in [0.25, 0.3) is 0 Å². The van der Waals surface area contributed by atoms with Gasteiger partial charge in [0.15, 0.2) is 15.7 Å². The number of benzene rings is 2. The molecule has 0 aliphatic heterocycles. The second kappa shape index (κ2) is 10.7. The smallest absolute Gasteiger partial charge is 0.231 e. The van der Waals surface area contributed by atoms with E-state index in [0.717, 1.165) is 22.4 Å². The maximum Gasteiger partial charge on any atom is 0.231 e. The van der Waals surface area contributed by atoms with Crippen LogP contribution >= 0.6 is 0 Å². The molecule has 10 heteroatoms. The quantitative estimate of drug-likeness (QED) is 0.209. The lowest BCUT2D eigenvalue weighted by molar-refractivity contribution is 0.602. The number of pyridine rings is 1. The molecule has 9 nitrogen and oxygen atoms in total. The van der Waals surface area contributed by atoms with Crippen molar-refractivity contribution in [3.05, 3.63) is 109 Å². The third-order valence-electron chi connectivity index (χ3n) is 5.75. The van der Waals surface area contributed by atoms with Gasteiger partial charge in [0, 0.05) is 42.8 Å². The summed E-state index contributed by atoms with van der Waals surface area (Å²) in [7, 11) is -3.26. The fourth-order valence-corrected chi connectivity index (χ4v) is 4.36. The topological polar surface area (TPSA) is 114 Å². The van der Waals surface area contributed by atoms with E-state index >= 15 is 0 Å². The van der Waals surface area contributed by atoms with E-state index in [4.69, 9.17) is 4.98 Å². The Morgan fingerprint density at radius 2 is 1.63 bits per heavy atom. The molecule has 2 aromatic carbocycles. The molecule has 38 heavy (non-hydrogen) atoms. The molecule has 0 aliphatic carbocycles. The molecule has 0 aliphatic rings. The molecule has 5 aromatic rings. The highest BCUT2D eigenvalue weighted by molar-refractivity contribution is 7.90. The van der Waals surface area contributed by atoms with Crippen molar-refractivity contribution in [2.45, 2.75) is 11.8 Å². The van der Waals surface area contributed by atoms with Crippen molar-refractivity contribution >= 4 is 33.0 Å². The van der Waals surface area contributed by atoms with Gasteiger partial charge in [0.1, 0.15) is 5.82 Å². The zero-order chi connectivity index (χ0) is 26.5. The van der Waals surface area contributed by atoms with E-state index in [1.807, 2.05) is 72.4 Å². The van der Waals surface area contributed by atoms with E-state index in [0.29, 0.717) is 23.3 Å². The van der Waals surface area contributed by atoms with Crippen LogP contribution in [0.4, 0.5) is 17.5 Å². The molecule has 3 aromatic heterocycles. The predicted octanol–water partition coefficient (Wildman–Crippen LogP) is 5.31. The summed E-state index contributed by atoms with van der Waals surface area (Å²) in [4.78, 5) is 13.6. The number of hydrazone groups is 1. The highest BCUT2D eigenvalue weighted by atomic mass is 32.2. The first kappa shape index (κ1) is 24.8. The van der Waals surface area contributed by atoms with Crippen LogP contribution in [0.3, 0.4) is 0 Å². The molecule has 0 bridgehead atoms. The highest BCUT2D eigenvalue weighted by Crippen LogP contribution is 2.23. The Hall–Kier alpha value is -4.83. The van der Waals surface area contributed by atoms with Gasteiger partial charge >= 0.3 is 0 Å². The molecule has 5 rings (SSSR count). The Labute approximate surface area is 220 Å². The van der Waals surface area contributed by atoms with Crippen LogP contribution in [0, 0.1) is 0 Å². The first-order chi connectivity index (χ1) is 18.3. The number of hydrogen-bond donors (Lipinski definition) is 2. The number of nitrogens with one attached hydrogen (secondary N) is 2. The van der Waals surface area contributed by atoms with Crippen LogP contribution in [0.15, 0.2) is 114 Å². The molecule has 0 radical (unpaired) electrons. The van der Waals surface area contributed by atoms with Crippen LogP contribution in [0.2, 0.25) is 0 Å². The normalized spacial score (nSPS) is 11.8. The van der Waals surface area contributed by atoms with Gasteiger partial charge in [-0.05, 0) is 66.1 Å². The fraction of sp³-hybridized carbons (Fsp3) is 0.0714. The minimum atomic E-state index is -3.26. The van der Waals surface area contributed by atoms with Crippen LogP contribution in [0.5, 0.6) is 0 Å². The van der Waals surface area contributed by atoms with Crippen LogP contribution in [0.1, 0.15) is 12.5 Å². The molecule has 0 saturated heterocycles. The van der Waals surface area contributed by atoms with Crippen molar-refractivity contribution in [2.75, 3.05) is 17.0 Å². The zero-order valence-corrected chi connectivity index (χ0v) is 21.6. The average Bonchev–Trinajstić information content (AvgIpc) is 3.43. The zero-order valence-electron chi connectivity index (χ0n) is 20.8. The monoisotopic (exact) mass is 523 g/mol. The van der Waals surface area contributed by atoms with Crippen LogP contribution in [0.25, 0.3) is 16.9 Å².